The summed E-state index contributed by atoms with van der Waals surface area (Å²) in [6, 6.07) is 18.1. The molecule has 0 aliphatic rings. The van der Waals surface area contributed by atoms with E-state index in [1.165, 1.54) is 19.2 Å². The van der Waals surface area contributed by atoms with Crippen LogP contribution in [-0.4, -0.2) is 46.2 Å². The number of hydrogen-bond acceptors (Lipinski definition) is 13. The first-order valence-electron chi connectivity index (χ1n) is 20.7. The molecule has 0 amide bonds. The molecular formula is C46H30Cl2F10N10O7. The Morgan fingerprint density at radius 1 is 0.600 bits per heavy atom. The number of methoxy groups -OCH3 is 1. The summed E-state index contributed by atoms with van der Waals surface area (Å²) in [6.45, 7) is -0.516. The Morgan fingerprint density at radius 3 is 1.48 bits per heavy atom. The van der Waals surface area contributed by atoms with Gasteiger partial charge >= 0.3 is 12.4 Å². The molecule has 0 saturated heterocycles. The number of hydrogen-bond donors (Lipinski definition) is 1. The summed E-state index contributed by atoms with van der Waals surface area (Å²) < 4.78 is 155. The summed E-state index contributed by atoms with van der Waals surface area (Å²) in [5.41, 5.74) is -10.2. The van der Waals surface area contributed by atoms with Crippen molar-refractivity contribution in [1.82, 2.24) is 39.1 Å². The van der Waals surface area contributed by atoms with Crippen LogP contribution < -0.4 is 36.4 Å². The van der Waals surface area contributed by atoms with Crippen LogP contribution in [0.3, 0.4) is 0 Å². The maximum atomic E-state index is 14.4. The zero-order valence-corrected chi connectivity index (χ0v) is 39.6. The van der Waals surface area contributed by atoms with E-state index in [2.05, 4.69) is 20.2 Å². The molecule has 29 heteroatoms. The lowest BCUT2D eigenvalue weighted by molar-refractivity contribution is -0.143. The second-order valence-electron chi connectivity index (χ2n) is 15.7. The largest absolute Gasteiger partial charge is 0.497 e. The maximum Gasteiger partial charge on any atom is 0.437 e. The van der Waals surface area contributed by atoms with Crippen molar-refractivity contribution < 1.29 is 58.1 Å². The van der Waals surface area contributed by atoms with Gasteiger partial charge < -0.3 is 14.2 Å². The summed E-state index contributed by atoms with van der Waals surface area (Å²) in [7, 11) is 1.45. The monoisotopic (exact) mass is 1090 g/mol. The van der Waals surface area contributed by atoms with Gasteiger partial charge in [-0.25, -0.2) is 37.3 Å². The number of benzene rings is 3. The first-order valence-corrected chi connectivity index (χ1v) is 21.4. The standard InChI is InChI=1S/C27H19ClF5N5O4.C19H11ClF5N5O3/c1-26(29,30)21-10-18(36-38(24(21)39)12-15-3-5-19(41-2)6-4-15)13-37-14-35-23(27(31,32)33)22(25(37)40)42-20-8-16(11-34)7-17(28)9-20;1-18(21,22)13-5-11(28-29-16(13)31)7-30-8-27-15(19(23,24)25)14(17(30)32)33-12-3-9(6-26)2-10(20)4-12/h3-10,14H,12-13H2,1-2H3;2-5,8H,7H2,1H3,(H,29,31). The molecular weight excluding hydrogens is 1070 g/mol. The van der Waals surface area contributed by atoms with Gasteiger partial charge in [-0.3, -0.25) is 28.3 Å². The highest BCUT2D eigenvalue weighted by Gasteiger charge is 2.40. The third kappa shape index (κ3) is 13.7. The second-order valence-corrected chi connectivity index (χ2v) is 16.6. The van der Waals surface area contributed by atoms with E-state index in [9.17, 15) is 63.1 Å². The van der Waals surface area contributed by atoms with Crippen molar-refractivity contribution in [2.75, 3.05) is 7.11 Å². The van der Waals surface area contributed by atoms with Gasteiger partial charge in [-0.2, -0.15) is 47.1 Å². The predicted octanol–water partition coefficient (Wildman–Crippen LogP) is 9.18. The predicted molar refractivity (Wildman–Crippen MR) is 242 cm³/mol. The number of ether oxygens (including phenoxy) is 3. The van der Waals surface area contributed by atoms with E-state index < -0.39 is 93.5 Å². The Balaban J connectivity index is 0.000000251. The average molecular weight is 1100 g/mol. The van der Waals surface area contributed by atoms with Crippen LogP contribution in [0.2, 0.25) is 10.0 Å². The number of aromatic nitrogens is 8. The topological polar surface area (TPSA) is 226 Å². The van der Waals surface area contributed by atoms with Crippen LogP contribution in [0.15, 0.2) is 105 Å². The third-order valence-corrected chi connectivity index (χ3v) is 10.4. The molecule has 0 bridgehead atoms. The van der Waals surface area contributed by atoms with Gasteiger partial charge in [-0.15, -0.1) is 0 Å². The van der Waals surface area contributed by atoms with E-state index in [1.54, 1.807) is 36.4 Å². The molecule has 17 nitrogen and oxygen atoms in total. The van der Waals surface area contributed by atoms with Crippen molar-refractivity contribution in [1.29, 1.82) is 10.5 Å². The van der Waals surface area contributed by atoms with Gasteiger partial charge in [-0.05, 0) is 66.2 Å². The SMILES string of the molecule is CC(F)(F)c1cc(Cn2cnc(C(F)(F)F)c(Oc3cc(Cl)cc(C#N)c3)c2=O)n[nH]c1=O.COc1ccc(Cn2nc(Cn3cnc(C(F)(F)F)c(Oc4cc(Cl)cc(C#N)c4)c3=O)cc(C(C)(F)F)c2=O)cc1. The number of alkyl halides is 10. The van der Waals surface area contributed by atoms with Gasteiger partial charge in [0, 0.05) is 23.9 Å². The van der Waals surface area contributed by atoms with Crippen molar-refractivity contribution in [2.24, 2.45) is 0 Å². The van der Waals surface area contributed by atoms with E-state index in [4.69, 9.17) is 47.9 Å². The fraction of sp³-hybridized carbons (Fsp3) is 0.217. The molecule has 0 spiro atoms. The van der Waals surface area contributed by atoms with Crippen molar-refractivity contribution >= 4 is 23.2 Å². The summed E-state index contributed by atoms with van der Waals surface area (Å²) in [4.78, 5) is 57.0. The smallest absolute Gasteiger partial charge is 0.437 e. The molecule has 3 aromatic carbocycles. The van der Waals surface area contributed by atoms with Crippen LogP contribution >= 0.6 is 23.2 Å². The summed E-state index contributed by atoms with van der Waals surface area (Å²) >= 11 is 11.7. The molecule has 7 rings (SSSR count). The van der Waals surface area contributed by atoms with Gasteiger partial charge in [0.1, 0.15) is 17.2 Å². The lowest BCUT2D eigenvalue weighted by Crippen LogP contribution is -2.33. The Morgan fingerprint density at radius 2 is 1.05 bits per heavy atom. The lowest BCUT2D eigenvalue weighted by Gasteiger charge is -2.17. The van der Waals surface area contributed by atoms with Gasteiger partial charge in [0.05, 0.1) is 85.2 Å². The van der Waals surface area contributed by atoms with Crippen LogP contribution in [0.5, 0.6) is 28.7 Å². The third-order valence-electron chi connectivity index (χ3n) is 9.95. The molecule has 0 saturated carbocycles. The van der Waals surface area contributed by atoms with Gasteiger partial charge in [0.15, 0.2) is 11.4 Å². The molecule has 4 aromatic heterocycles. The van der Waals surface area contributed by atoms with Crippen LogP contribution in [-0.2, 0) is 43.8 Å². The Hall–Kier alpha value is -8.56. The van der Waals surface area contributed by atoms with Crippen LogP contribution in [0.1, 0.15) is 64.4 Å². The second kappa shape index (κ2) is 21.9. The highest BCUT2D eigenvalue weighted by Crippen LogP contribution is 2.37. The fourth-order valence-corrected chi connectivity index (χ4v) is 7.01. The summed E-state index contributed by atoms with van der Waals surface area (Å²) in [5.74, 6) is -9.79. The quantitative estimate of drug-likeness (QED) is 0.106. The number of H-pyrrole nitrogens is 1. The molecule has 0 aliphatic carbocycles. The van der Waals surface area contributed by atoms with Crippen molar-refractivity contribution in [3.63, 3.8) is 0 Å². The zero-order chi connectivity index (χ0) is 55.4. The van der Waals surface area contributed by atoms with E-state index in [0.717, 1.165) is 41.1 Å². The minimum atomic E-state index is -5.12. The van der Waals surface area contributed by atoms with E-state index in [1.807, 2.05) is 5.10 Å². The van der Waals surface area contributed by atoms with Crippen molar-refractivity contribution in [3.05, 3.63) is 188 Å². The van der Waals surface area contributed by atoms with E-state index >= 15 is 0 Å². The molecule has 1 N–H and O–H groups in total. The summed E-state index contributed by atoms with van der Waals surface area (Å²) in [5, 5.41) is 27.5. The highest BCUT2D eigenvalue weighted by atomic mass is 35.5. The number of rotatable bonds is 13. The van der Waals surface area contributed by atoms with Crippen molar-refractivity contribution in [3.8, 4) is 40.9 Å². The zero-order valence-electron chi connectivity index (χ0n) is 38.1. The highest BCUT2D eigenvalue weighted by molar-refractivity contribution is 6.31. The molecule has 0 unspecified atom stereocenters. The number of halogens is 12. The van der Waals surface area contributed by atoms with Gasteiger partial charge in [0.2, 0.25) is 11.5 Å². The fourth-order valence-electron chi connectivity index (χ4n) is 6.56. The minimum Gasteiger partial charge on any atom is -0.497 e. The molecule has 4 heterocycles. The van der Waals surface area contributed by atoms with Crippen LogP contribution in [0, 0.1) is 22.7 Å². The summed E-state index contributed by atoms with van der Waals surface area (Å²) in [6.07, 6.45) is -9.11. The molecule has 0 fully saturated rings. The number of nitrogens with zero attached hydrogens (tertiary/aromatic N) is 9. The molecule has 0 aliphatic heterocycles. The van der Waals surface area contributed by atoms with Crippen LogP contribution in [0.25, 0.3) is 0 Å². The van der Waals surface area contributed by atoms with E-state index in [-0.39, 0.29) is 50.6 Å². The molecule has 0 atom stereocenters. The first-order chi connectivity index (χ1) is 35.0. The molecule has 75 heavy (non-hydrogen) atoms. The minimum absolute atomic E-state index is 0.0349. The number of aromatic amines is 1. The number of nitriles is 2. The molecule has 0 radical (unpaired) electrons. The normalized spacial score (nSPS) is 11.7. The average Bonchev–Trinajstić information content (AvgIpc) is 3.31. The number of nitrogens with one attached hydrogen (secondary N) is 1. The van der Waals surface area contributed by atoms with Gasteiger partial charge in [0.25, 0.3) is 34.1 Å². The van der Waals surface area contributed by atoms with E-state index in [0.29, 0.717) is 46.9 Å². The first kappa shape index (κ1) is 55.7. The van der Waals surface area contributed by atoms with Crippen molar-refractivity contribution in [2.45, 2.75) is 57.7 Å². The Kier molecular flexibility index (Phi) is 16.3. The lowest BCUT2D eigenvalue weighted by atomic mass is 10.1. The molecule has 7 aromatic rings. The maximum absolute atomic E-state index is 14.4. The Labute approximate surface area is 423 Å². The van der Waals surface area contributed by atoms with Crippen LogP contribution in [0.4, 0.5) is 43.9 Å². The molecule has 390 valence electrons. The Bertz CT molecular complexity index is 3630. The van der Waals surface area contributed by atoms with Gasteiger partial charge in [-0.1, -0.05) is 35.3 Å².